The molecule has 0 unspecified atom stereocenters. The summed E-state index contributed by atoms with van der Waals surface area (Å²) in [6, 6.07) is 11.1. The molecule has 0 saturated heterocycles. The largest absolute Gasteiger partial charge is 0.497 e. The Bertz CT molecular complexity index is 1210. The van der Waals surface area contributed by atoms with Crippen LogP contribution in [0.15, 0.2) is 51.8 Å². The molecular weight excluding hydrogens is 428 g/mol. The fourth-order valence-corrected chi connectivity index (χ4v) is 5.08. The number of aromatic nitrogens is 1. The third-order valence-electron chi connectivity index (χ3n) is 4.27. The molecule has 3 rings (SSSR count). The van der Waals surface area contributed by atoms with Crippen LogP contribution in [0.4, 0.5) is 0 Å². The number of carbonyl (C=O) groups excluding carboxylic acids is 1. The lowest BCUT2D eigenvalue weighted by Crippen LogP contribution is -2.19. The Labute approximate surface area is 178 Å². The first-order chi connectivity index (χ1) is 14.4. The normalized spacial score (nSPS) is 12.3. The number of rotatable bonds is 8. The van der Waals surface area contributed by atoms with E-state index in [1.54, 1.807) is 48.9 Å². The number of hydrogen-bond donors (Lipinski definition) is 0. The molecule has 1 aromatic heterocycles. The van der Waals surface area contributed by atoms with Crippen molar-refractivity contribution in [1.82, 2.24) is 4.57 Å². The van der Waals surface area contributed by atoms with E-state index in [2.05, 4.69) is 4.40 Å². The number of hydrogen-bond acceptors (Lipinski definition) is 7. The second kappa shape index (κ2) is 9.41. The van der Waals surface area contributed by atoms with Crippen LogP contribution in [0.25, 0.3) is 10.2 Å². The zero-order valence-electron chi connectivity index (χ0n) is 16.8. The van der Waals surface area contributed by atoms with Gasteiger partial charge in [0.25, 0.3) is 10.0 Å². The minimum absolute atomic E-state index is 0.0614. The molecule has 0 bridgehead atoms. The van der Waals surface area contributed by atoms with Crippen molar-refractivity contribution in [2.24, 2.45) is 4.40 Å². The average Bonchev–Trinajstić information content (AvgIpc) is 3.07. The van der Waals surface area contributed by atoms with Crippen molar-refractivity contribution in [3.8, 4) is 5.75 Å². The van der Waals surface area contributed by atoms with Gasteiger partial charge in [0, 0.05) is 13.7 Å². The van der Waals surface area contributed by atoms with Crippen LogP contribution in [-0.2, 0) is 26.0 Å². The van der Waals surface area contributed by atoms with Crippen molar-refractivity contribution < 1.29 is 27.4 Å². The van der Waals surface area contributed by atoms with Gasteiger partial charge in [-0.1, -0.05) is 11.3 Å². The highest BCUT2D eigenvalue weighted by atomic mass is 32.2. The van der Waals surface area contributed by atoms with Gasteiger partial charge in [0.2, 0.25) is 4.80 Å². The average molecular weight is 451 g/mol. The smallest absolute Gasteiger partial charge is 0.338 e. The fourth-order valence-electron chi connectivity index (χ4n) is 2.79. The third kappa shape index (κ3) is 4.72. The van der Waals surface area contributed by atoms with Crippen LogP contribution in [0.1, 0.15) is 17.3 Å². The monoisotopic (exact) mass is 450 g/mol. The van der Waals surface area contributed by atoms with Gasteiger partial charge in [-0.25, -0.2) is 4.79 Å². The molecule has 10 heteroatoms. The van der Waals surface area contributed by atoms with E-state index in [0.717, 1.165) is 10.2 Å². The molecule has 0 N–H and O–H groups in total. The number of carbonyl (C=O) groups is 1. The third-order valence-corrected chi connectivity index (χ3v) is 6.71. The molecule has 0 aliphatic carbocycles. The fraction of sp³-hybridized carbons (Fsp3) is 0.300. The lowest BCUT2D eigenvalue weighted by molar-refractivity contribution is 0.0526. The summed E-state index contributed by atoms with van der Waals surface area (Å²) < 4.78 is 47.5. The van der Waals surface area contributed by atoms with Crippen LogP contribution >= 0.6 is 11.3 Å². The van der Waals surface area contributed by atoms with Crippen molar-refractivity contribution in [3.05, 3.63) is 52.8 Å². The van der Waals surface area contributed by atoms with E-state index < -0.39 is 16.0 Å². The van der Waals surface area contributed by atoms with Crippen LogP contribution in [0, 0.1) is 0 Å². The molecule has 0 aliphatic rings. The molecule has 2 aromatic carbocycles. The number of sulfonamides is 1. The maximum atomic E-state index is 12.8. The van der Waals surface area contributed by atoms with Crippen molar-refractivity contribution in [2.75, 3.05) is 27.4 Å². The second-order valence-electron chi connectivity index (χ2n) is 6.17. The van der Waals surface area contributed by atoms with E-state index in [-0.39, 0.29) is 11.5 Å². The number of nitrogens with zero attached hydrogens (tertiary/aromatic N) is 2. The van der Waals surface area contributed by atoms with Crippen molar-refractivity contribution in [3.63, 3.8) is 0 Å². The number of thiazole rings is 1. The van der Waals surface area contributed by atoms with E-state index in [0.29, 0.717) is 29.3 Å². The maximum Gasteiger partial charge on any atom is 0.338 e. The van der Waals surface area contributed by atoms with Gasteiger partial charge in [0.05, 0.1) is 41.0 Å². The number of benzene rings is 2. The molecule has 0 saturated carbocycles. The first-order valence-electron chi connectivity index (χ1n) is 9.14. The van der Waals surface area contributed by atoms with Crippen LogP contribution in [0.3, 0.4) is 0 Å². The molecule has 8 nitrogen and oxygen atoms in total. The number of esters is 1. The molecule has 1 heterocycles. The Hall–Kier alpha value is -2.69. The van der Waals surface area contributed by atoms with Gasteiger partial charge in [-0.15, -0.1) is 4.40 Å². The molecule has 0 spiro atoms. The summed E-state index contributed by atoms with van der Waals surface area (Å²) in [6.07, 6.45) is 0. The first kappa shape index (κ1) is 22.0. The van der Waals surface area contributed by atoms with E-state index >= 15 is 0 Å². The highest BCUT2D eigenvalue weighted by molar-refractivity contribution is 7.90. The predicted molar refractivity (Wildman–Crippen MR) is 113 cm³/mol. The predicted octanol–water partition coefficient (Wildman–Crippen LogP) is 2.82. The quantitative estimate of drug-likeness (QED) is 0.490. The van der Waals surface area contributed by atoms with Gasteiger partial charge in [-0.2, -0.15) is 8.42 Å². The summed E-state index contributed by atoms with van der Waals surface area (Å²) in [6.45, 7) is 2.80. The summed E-state index contributed by atoms with van der Waals surface area (Å²) in [7, 11) is -0.865. The van der Waals surface area contributed by atoms with Gasteiger partial charge >= 0.3 is 5.97 Å². The summed E-state index contributed by atoms with van der Waals surface area (Å²) in [5, 5.41) is 0. The molecule has 0 atom stereocenters. The Kier molecular flexibility index (Phi) is 6.91. The summed E-state index contributed by atoms with van der Waals surface area (Å²) in [5.74, 6) is 0.123. The van der Waals surface area contributed by atoms with Gasteiger partial charge in [-0.05, 0) is 49.4 Å². The van der Waals surface area contributed by atoms with Gasteiger partial charge in [-0.3, -0.25) is 0 Å². The zero-order chi connectivity index (χ0) is 21.7. The number of methoxy groups -OCH3 is 2. The number of fused-ring (bicyclic) bond motifs is 1. The topological polar surface area (TPSA) is 96.2 Å². The zero-order valence-corrected chi connectivity index (χ0v) is 18.5. The lowest BCUT2D eigenvalue weighted by Gasteiger charge is -2.06. The van der Waals surface area contributed by atoms with Gasteiger partial charge in [0.1, 0.15) is 5.75 Å². The van der Waals surface area contributed by atoms with E-state index in [1.807, 2.05) is 0 Å². The minimum Gasteiger partial charge on any atom is -0.497 e. The summed E-state index contributed by atoms with van der Waals surface area (Å²) in [5.41, 5.74) is 1.16. The Balaban J connectivity index is 2.13. The van der Waals surface area contributed by atoms with E-state index in [4.69, 9.17) is 14.2 Å². The van der Waals surface area contributed by atoms with E-state index in [1.165, 1.54) is 30.6 Å². The Morgan fingerprint density at radius 2 is 1.87 bits per heavy atom. The highest BCUT2D eigenvalue weighted by Gasteiger charge is 2.16. The van der Waals surface area contributed by atoms with Gasteiger partial charge in [0.15, 0.2) is 0 Å². The minimum atomic E-state index is -3.94. The first-order valence-corrected chi connectivity index (χ1v) is 11.4. The number of ether oxygens (including phenoxy) is 3. The molecule has 0 fully saturated rings. The van der Waals surface area contributed by atoms with Crippen LogP contribution < -0.4 is 9.54 Å². The molecule has 30 heavy (non-hydrogen) atoms. The van der Waals surface area contributed by atoms with Crippen molar-refractivity contribution in [1.29, 1.82) is 0 Å². The second-order valence-corrected chi connectivity index (χ2v) is 8.79. The summed E-state index contributed by atoms with van der Waals surface area (Å²) >= 11 is 1.18. The molecule has 0 amide bonds. The van der Waals surface area contributed by atoms with E-state index in [9.17, 15) is 13.2 Å². The van der Waals surface area contributed by atoms with Crippen LogP contribution in [-0.4, -0.2) is 46.4 Å². The lowest BCUT2D eigenvalue weighted by atomic mass is 10.2. The summed E-state index contributed by atoms with van der Waals surface area (Å²) in [4.78, 5) is 12.4. The molecule has 0 radical (unpaired) electrons. The van der Waals surface area contributed by atoms with Crippen molar-refractivity contribution >= 4 is 37.5 Å². The van der Waals surface area contributed by atoms with Crippen molar-refractivity contribution in [2.45, 2.75) is 18.4 Å². The highest BCUT2D eigenvalue weighted by Crippen LogP contribution is 2.22. The maximum absolute atomic E-state index is 12.8. The van der Waals surface area contributed by atoms with Crippen LogP contribution in [0.2, 0.25) is 0 Å². The van der Waals surface area contributed by atoms with Crippen LogP contribution in [0.5, 0.6) is 5.75 Å². The van der Waals surface area contributed by atoms with Gasteiger partial charge < -0.3 is 18.8 Å². The molecule has 3 aromatic rings. The molecular formula is C20H22N2O6S2. The molecule has 0 aliphatic heterocycles. The SMILES string of the molecule is CCOC(=O)c1ccc2c(c1)s/c(=N\S(=O)(=O)c1ccc(OC)cc1)n2CCOC. The Morgan fingerprint density at radius 1 is 1.13 bits per heavy atom. The molecule has 160 valence electrons. The Morgan fingerprint density at radius 3 is 2.50 bits per heavy atom. The standard InChI is InChI=1S/C20H22N2O6S2/c1-4-28-19(23)14-5-10-17-18(13-14)29-20(22(17)11-12-26-2)21-30(24,25)16-8-6-15(27-3)7-9-16/h5-10,13H,4,11-12H2,1-3H3/b21-20-.